The lowest BCUT2D eigenvalue weighted by Crippen LogP contribution is -2.29. The van der Waals surface area contributed by atoms with Crippen molar-refractivity contribution in [3.8, 4) is 0 Å². The molecule has 1 saturated heterocycles. The number of H-pyrrole nitrogens is 1. The van der Waals surface area contributed by atoms with Crippen LogP contribution in [0.25, 0.3) is 21.7 Å². The summed E-state index contributed by atoms with van der Waals surface area (Å²) in [4.78, 5) is 2.98. The van der Waals surface area contributed by atoms with Gasteiger partial charge in [0.05, 0.1) is 21.0 Å². The Labute approximate surface area is 182 Å². The van der Waals surface area contributed by atoms with E-state index in [1.807, 2.05) is 36.4 Å². The first kappa shape index (κ1) is 20.8. The molecule has 2 heterocycles. The van der Waals surface area contributed by atoms with Gasteiger partial charge >= 0.3 is 0 Å². The minimum atomic E-state index is -3.64. The molecule has 4 aromatic rings. The fourth-order valence-electron chi connectivity index (χ4n) is 4.33. The molecule has 0 radical (unpaired) electrons. The van der Waals surface area contributed by atoms with Crippen molar-refractivity contribution >= 4 is 43.9 Å². The Morgan fingerprint density at radius 2 is 1.70 bits per heavy atom. The van der Waals surface area contributed by atoms with E-state index in [1.165, 1.54) is 0 Å². The lowest BCUT2D eigenvalue weighted by Gasteiger charge is -2.28. The van der Waals surface area contributed by atoms with Crippen LogP contribution in [0.4, 0.5) is 0 Å². The molecule has 5 rings (SSSR count). The van der Waals surface area contributed by atoms with Crippen LogP contribution in [0.15, 0.2) is 70.5 Å². The smallest absolute Gasteiger partial charge is 0.207 e. The second-order valence-corrected chi connectivity index (χ2v) is 9.79. The SMILES string of the molecule is CN1CCC(c2n[nH]c3ccc(S(=O)(=O)c4cccc5ccccc45)cc23)CC1.Cl. The normalized spacial score (nSPS) is 16.0. The molecule has 0 unspecified atom stereocenters. The predicted octanol–water partition coefficient (Wildman–Crippen LogP) is 4.78. The molecule has 1 N–H and O–H groups in total. The minimum absolute atomic E-state index is 0. The van der Waals surface area contributed by atoms with Gasteiger partial charge in [0.2, 0.25) is 9.84 Å². The molecular formula is C23H24ClN3O2S. The van der Waals surface area contributed by atoms with Crippen LogP contribution in [0.2, 0.25) is 0 Å². The molecule has 1 aliphatic rings. The van der Waals surface area contributed by atoms with Gasteiger partial charge in [-0.1, -0.05) is 36.4 Å². The van der Waals surface area contributed by atoms with Crippen LogP contribution < -0.4 is 0 Å². The van der Waals surface area contributed by atoms with Crippen molar-refractivity contribution < 1.29 is 8.42 Å². The number of hydrogen-bond donors (Lipinski definition) is 1. The number of hydrogen-bond acceptors (Lipinski definition) is 4. The van der Waals surface area contributed by atoms with Crippen molar-refractivity contribution in [1.29, 1.82) is 0 Å². The van der Waals surface area contributed by atoms with Gasteiger partial charge in [0, 0.05) is 16.7 Å². The molecule has 30 heavy (non-hydrogen) atoms. The van der Waals surface area contributed by atoms with Gasteiger partial charge in [0.15, 0.2) is 0 Å². The van der Waals surface area contributed by atoms with Crippen LogP contribution in [-0.4, -0.2) is 43.7 Å². The number of nitrogens with zero attached hydrogens (tertiary/aromatic N) is 2. The average Bonchev–Trinajstić information content (AvgIpc) is 3.17. The molecule has 3 aromatic carbocycles. The van der Waals surface area contributed by atoms with E-state index < -0.39 is 9.84 Å². The van der Waals surface area contributed by atoms with Gasteiger partial charge in [0.25, 0.3) is 0 Å². The summed E-state index contributed by atoms with van der Waals surface area (Å²) in [6, 6.07) is 18.3. The molecule has 7 heteroatoms. The molecule has 0 amide bonds. The quantitative estimate of drug-likeness (QED) is 0.496. The van der Waals surface area contributed by atoms with Gasteiger partial charge in [-0.2, -0.15) is 5.10 Å². The topological polar surface area (TPSA) is 66.1 Å². The summed E-state index contributed by atoms with van der Waals surface area (Å²) in [5.74, 6) is 0.357. The summed E-state index contributed by atoms with van der Waals surface area (Å²) >= 11 is 0. The van der Waals surface area contributed by atoms with Gasteiger partial charge < -0.3 is 4.90 Å². The summed E-state index contributed by atoms with van der Waals surface area (Å²) < 4.78 is 27.0. The summed E-state index contributed by atoms with van der Waals surface area (Å²) in [6.45, 7) is 2.07. The van der Waals surface area contributed by atoms with Crippen LogP contribution in [0.5, 0.6) is 0 Å². The molecule has 156 valence electrons. The lowest BCUT2D eigenvalue weighted by atomic mass is 9.92. The molecular weight excluding hydrogens is 418 g/mol. The standard InChI is InChI=1S/C23H23N3O2S.ClH/c1-26-13-11-17(12-14-26)23-20-15-18(9-10-21(20)24-25-23)29(27,28)22-8-4-6-16-5-2-3-7-19(16)22;/h2-10,15,17H,11-14H2,1H3,(H,24,25);1H. The predicted molar refractivity (Wildman–Crippen MR) is 122 cm³/mol. The summed E-state index contributed by atoms with van der Waals surface area (Å²) in [5, 5.41) is 10.2. The summed E-state index contributed by atoms with van der Waals surface area (Å²) in [7, 11) is -1.51. The molecule has 1 aromatic heterocycles. The van der Waals surface area contributed by atoms with Crippen molar-refractivity contribution in [3.63, 3.8) is 0 Å². The fraction of sp³-hybridized carbons (Fsp3) is 0.261. The highest BCUT2D eigenvalue weighted by Crippen LogP contribution is 2.34. The summed E-state index contributed by atoms with van der Waals surface area (Å²) in [5.41, 5.74) is 1.87. The van der Waals surface area contributed by atoms with Gasteiger partial charge in [-0.3, -0.25) is 5.10 Å². The fourth-order valence-corrected chi connectivity index (χ4v) is 5.84. The van der Waals surface area contributed by atoms with E-state index in [9.17, 15) is 8.42 Å². The number of nitrogens with one attached hydrogen (secondary N) is 1. The Hall–Kier alpha value is -2.41. The van der Waals surface area contributed by atoms with E-state index in [1.54, 1.807) is 24.3 Å². The van der Waals surface area contributed by atoms with Crippen LogP contribution in [0.3, 0.4) is 0 Å². The van der Waals surface area contributed by atoms with Crippen molar-refractivity contribution in [2.45, 2.75) is 28.6 Å². The first-order chi connectivity index (χ1) is 14.0. The highest BCUT2D eigenvalue weighted by Gasteiger charge is 2.25. The van der Waals surface area contributed by atoms with Crippen LogP contribution >= 0.6 is 12.4 Å². The third-order valence-electron chi connectivity index (χ3n) is 6.02. The van der Waals surface area contributed by atoms with E-state index in [2.05, 4.69) is 22.1 Å². The maximum absolute atomic E-state index is 13.5. The minimum Gasteiger partial charge on any atom is -0.306 e. The Kier molecular flexibility index (Phi) is 5.57. The number of piperidine rings is 1. The Morgan fingerprint density at radius 3 is 2.50 bits per heavy atom. The van der Waals surface area contributed by atoms with E-state index in [0.29, 0.717) is 15.7 Å². The lowest BCUT2D eigenvalue weighted by molar-refractivity contribution is 0.254. The molecule has 5 nitrogen and oxygen atoms in total. The Morgan fingerprint density at radius 1 is 0.967 bits per heavy atom. The number of benzene rings is 3. The number of aromatic amines is 1. The number of fused-ring (bicyclic) bond motifs is 2. The highest BCUT2D eigenvalue weighted by atomic mass is 35.5. The first-order valence-corrected chi connectivity index (χ1v) is 11.4. The first-order valence-electron chi connectivity index (χ1n) is 9.93. The largest absolute Gasteiger partial charge is 0.306 e. The third-order valence-corrected chi connectivity index (χ3v) is 7.83. The number of aromatic nitrogens is 2. The van der Waals surface area contributed by atoms with Gasteiger partial charge in [-0.05, 0) is 62.6 Å². The molecule has 0 spiro atoms. The number of sulfone groups is 1. The van der Waals surface area contributed by atoms with E-state index in [4.69, 9.17) is 0 Å². The Balaban J connectivity index is 0.00000218. The molecule has 0 saturated carbocycles. The number of rotatable bonds is 3. The van der Waals surface area contributed by atoms with Crippen LogP contribution in [0.1, 0.15) is 24.5 Å². The van der Waals surface area contributed by atoms with Gasteiger partial charge in [0.1, 0.15) is 0 Å². The van der Waals surface area contributed by atoms with Crippen molar-refractivity contribution in [1.82, 2.24) is 15.1 Å². The van der Waals surface area contributed by atoms with Crippen LogP contribution in [-0.2, 0) is 9.84 Å². The molecule has 0 atom stereocenters. The second-order valence-electron chi connectivity index (χ2n) is 7.87. The van der Waals surface area contributed by atoms with Crippen molar-refractivity contribution in [3.05, 3.63) is 66.4 Å². The Bertz CT molecular complexity index is 1300. The number of likely N-dealkylation sites (tertiary alicyclic amines) is 1. The second kappa shape index (κ2) is 8.02. The maximum atomic E-state index is 13.5. The number of halogens is 1. The van der Waals surface area contributed by atoms with Gasteiger partial charge in [-0.15, -0.1) is 12.4 Å². The van der Waals surface area contributed by atoms with E-state index in [0.717, 1.165) is 53.3 Å². The highest BCUT2D eigenvalue weighted by molar-refractivity contribution is 7.91. The van der Waals surface area contributed by atoms with Crippen molar-refractivity contribution in [2.24, 2.45) is 0 Å². The average molecular weight is 442 g/mol. The zero-order valence-corrected chi connectivity index (χ0v) is 18.3. The third kappa shape index (κ3) is 3.49. The monoisotopic (exact) mass is 441 g/mol. The van der Waals surface area contributed by atoms with Crippen LogP contribution in [0, 0.1) is 0 Å². The molecule has 1 fully saturated rings. The summed E-state index contributed by atoms with van der Waals surface area (Å²) in [6.07, 6.45) is 2.08. The zero-order valence-electron chi connectivity index (χ0n) is 16.7. The van der Waals surface area contributed by atoms with Gasteiger partial charge in [-0.25, -0.2) is 8.42 Å². The molecule has 0 aliphatic carbocycles. The zero-order chi connectivity index (χ0) is 20.0. The molecule has 1 aliphatic heterocycles. The molecule has 0 bridgehead atoms. The maximum Gasteiger partial charge on any atom is 0.207 e. The van der Waals surface area contributed by atoms with E-state index in [-0.39, 0.29) is 12.4 Å². The van der Waals surface area contributed by atoms with E-state index >= 15 is 0 Å². The van der Waals surface area contributed by atoms with Crippen molar-refractivity contribution in [2.75, 3.05) is 20.1 Å².